The summed E-state index contributed by atoms with van der Waals surface area (Å²) in [6.45, 7) is 4.31. The maximum atomic E-state index is 14.8. The van der Waals surface area contributed by atoms with E-state index in [0.29, 0.717) is 34.7 Å². The Hall–Kier alpha value is -4.23. The molecular weight excluding hydrogens is 505 g/mol. The number of hydrogen-bond donors (Lipinski definition) is 2. The first-order valence-corrected chi connectivity index (χ1v) is 13.8. The smallest absolute Gasteiger partial charge is 0.183 e. The highest BCUT2D eigenvalue weighted by molar-refractivity contribution is 5.98. The number of aliphatic hydroxyl groups excluding tert-OH is 1. The Kier molecular flexibility index (Phi) is 8.41. The van der Waals surface area contributed by atoms with Gasteiger partial charge in [-0.25, -0.2) is 4.39 Å². The first-order chi connectivity index (χ1) is 19.4. The first kappa shape index (κ1) is 27.3. The van der Waals surface area contributed by atoms with Gasteiger partial charge in [0.05, 0.1) is 17.5 Å². The maximum absolute atomic E-state index is 14.8. The third-order valence-corrected chi connectivity index (χ3v) is 7.47. The molecule has 1 aliphatic rings. The van der Waals surface area contributed by atoms with E-state index in [1.807, 2.05) is 72.3 Å². The van der Waals surface area contributed by atoms with Crippen molar-refractivity contribution in [1.29, 1.82) is 0 Å². The first-order valence-electron chi connectivity index (χ1n) is 13.8. The average Bonchev–Trinajstić information content (AvgIpc) is 3.45. The van der Waals surface area contributed by atoms with Crippen LogP contribution in [0.15, 0.2) is 85.1 Å². The highest BCUT2D eigenvalue weighted by atomic mass is 19.1. The number of piperidine rings is 1. The van der Waals surface area contributed by atoms with Crippen molar-refractivity contribution in [2.75, 3.05) is 23.3 Å². The molecule has 2 N–H and O–H groups in total. The molecule has 0 aliphatic carbocycles. The van der Waals surface area contributed by atoms with E-state index in [-0.39, 0.29) is 30.5 Å². The van der Waals surface area contributed by atoms with Gasteiger partial charge in [0, 0.05) is 55.6 Å². The molecule has 2 heterocycles. The molecule has 206 valence electrons. The predicted molar refractivity (Wildman–Crippen MR) is 156 cm³/mol. The summed E-state index contributed by atoms with van der Waals surface area (Å²) in [7, 11) is 0. The van der Waals surface area contributed by atoms with E-state index in [2.05, 4.69) is 10.2 Å². The number of Topliss-reactive ketones (excluding diaryl/α,β-unsaturated/α-hetero) is 2. The molecule has 0 bridgehead atoms. The molecule has 40 heavy (non-hydrogen) atoms. The highest BCUT2D eigenvalue weighted by Gasteiger charge is 2.18. The Labute approximate surface area is 234 Å². The number of aryl methyl sites for hydroxylation is 1. The zero-order valence-electron chi connectivity index (χ0n) is 22.6. The normalized spacial score (nSPS) is 13.8. The lowest BCUT2D eigenvalue weighted by Crippen LogP contribution is -2.35. The molecule has 0 radical (unpaired) electrons. The lowest BCUT2D eigenvalue weighted by atomic mass is 10.0. The van der Waals surface area contributed by atoms with E-state index >= 15 is 0 Å². The van der Waals surface area contributed by atoms with Crippen molar-refractivity contribution in [2.45, 2.75) is 45.3 Å². The minimum atomic E-state index is -0.431. The van der Waals surface area contributed by atoms with Gasteiger partial charge in [-0.15, -0.1) is 0 Å². The number of nitrogens with one attached hydrogen (secondary N) is 1. The Balaban J connectivity index is 1.16. The van der Waals surface area contributed by atoms with Crippen LogP contribution in [0.5, 0.6) is 0 Å². The van der Waals surface area contributed by atoms with Gasteiger partial charge in [0.25, 0.3) is 0 Å². The Morgan fingerprint density at radius 3 is 2.25 bits per heavy atom. The monoisotopic (exact) mass is 539 g/mol. The summed E-state index contributed by atoms with van der Waals surface area (Å²) in [4.78, 5) is 27.7. The van der Waals surface area contributed by atoms with Crippen LogP contribution in [0.3, 0.4) is 0 Å². The van der Waals surface area contributed by atoms with E-state index in [9.17, 15) is 19.1 Å². The van der Waals surface area contributed by atoms with Crippen molar-refractivity contribution in [1.82, 2.24) is 4.57 Å². The number of aliphatic hydroxyl groups is 1. The zero-order valence-corrected chi connectivity index (χ0v) is 22.6. The van der Waals surface area contributed by atoms with Gasteiger partial charge in [-0.2, -0.15) is 0 Å². The van der Waals surface area contributed by atoms with Gasteiger partial charge < -0.3 is 19.9 Å². The second-order valence-corrected chi connectivity index (χ2v) is 10.3. The quantitative estimate of drug-likeness (QED) is 0.235. The molecule has 7 heteroatoms. The minimum absolute atomic E-state index is 0.0312. The topological polar surface area (TPSA) is 74.6 Å². The molecule has 5 rings (SSSR count). The summed E-state index contributed by atoms with van der Waals surface area (Å²) in [5.74, 6) is -0.445. The van der Waals surface area contributed by atoms with Crippen molar-refractivity contribution in [3.63, 3.8) is 0 Å². The predicted octanol–water partition coefficient (Wildman–Crippen LogP) is 6.20. The summed E-state index contributed by atoms with van der Waals surface area (Å²) in [6.07, 6.45) is 3.58. The molecule has 0 saturated carbocycles. The third kappa shape index (κ3) is 6.49. The van der Waals surface area contributed by atoms with Crippen LogP contribution in [-0.2, 0) is 19.4 Å². The maximum Gasteiger partial charge on any atom is 0.183 e. The van der Waals surface area contributed by atoms with Gasteiger partial charge in [-0.1, -0.05) is 18.2 Å². The van der Waals surface area contributed by atoms with Crippen LogP contribution >= 0.6 is 0 Å². The molecule has 0 amide bonds. The van der Waals surface area contributed by atoms with Crippen LogP contribution in [0, 0.1) is 5.82 Å². The number of benzene rings is 3. The number of carbonyl (C=O) groups excluding carboxylic acids is 2. The summed E-state index contributed by atoms with van der Waals surface area (Å²) in [5.41, 5.74) is 4.86. The second-order valence-electron chi connectivity index (χ2n) is 10.3. The van der Waals surface area contributed by atoms with E-state index in [4.69, 9.17) is 0 Å². The molecule has 1 aromatic heterocycles. The van der Waals surface area contributed by atoms with Crippen molar-refractivity contribution in [3.8, 4) is 0 Å². The van der Waals surface area contributed by atoms with Gasteiger partial charge >= 0.3 is 0 Å². The number of nitrogens with zero attached hydrogens (tertiary/aromatic N) is 2. The number of halogens is 1. The standard InChI is InChI=1S/C33H34FN3O3/c1-2-36-17-3-4-31(36)33(40)22-24-7-14-30(29(34)20-24)35-26-10-5-23(6-11-26)21-32(39)25-8-12-27(13-9-25)37-18-15-28(38)16-19-37/h3-14,17,20,28,35,38H,2,15-16,18-19,21-22H2,1H3. The van der Waals surface area contributed by atoms with Gasteiger partial charge in [-0.3, -0.25) is 9.59 Å². The van der Waals surface area contributed by atoms with Gasteiger partial charge in [0.1, 0.15) is 5.82 Å². The summed E-state index contributed by atoms with van der Waals surface area (Å²) >= 11 is 0. The van der Waals surface area contributed by atoms with Crippen LogP contribution in [0.4, 0.5) is 21.5 Å². The summed E-state index contributed by atoms with van der Waals surface area (Å²) in [5, 5.41) is 12.8. The number of carbonyl (C=O) groups is 2. The number of rotatable bonds is 10. The molecule has 3 aromatic carbocycles. The molecule has 1 saturated heterocycles. The van der Waals surface area contributed by atoms with Crippen molar-refractivity contribution >= 4 is 28.6 Å². The fraction of sp³-hybridized carbons (Fsp3) is 0.273. The fourth-order valence-corrected chi connectivity index (χ4v) is 5.12. The van der Waals surface area contributed by atoms with E-state index < -0.39 is 5.82 Å². The molecule has 6 nitrogen and oxygen atoms in total. The summed E-state index contributed by atoms with van der Waals surface area (Å²) in [6, 6.07) is 23.5. The zero-order chi connectivity index (χ0) is 28.1. The number of hydrogen-bond acceptors (Lipinski definition) is 5. The molecule has 0 unspecified atom stereocenters. The SMILES string of the molecule is CCn1cccc1C(=O)Cc1ccc(Nc2ccc(CC(=O)c3ccc(N4CCC(O)CC4)cc3)cc2)c(F)c1. The minimum Gasteiger partial charge on any atom is -0.393 e. The van der Waals surface area contributed by atoms with Crippen LogP contribution in [0.1, 0.15) is 51.7 Å². The molecule has 0 spiro atoms. The third-order valence-electron chi connectivity index (χ3n) is 7.47. The van der Waals surface area contributed by atoms with E-state index in [0.717, 1.165) is 37.2 Å². The van der Waals surface area contributed by atoms with Crippen LogP contribution in [-0.4, -0.2) is 40.4 Å². The highest BCUT2D eigenvalue weighted by Crippen LogP contribution is 2.24. The number of ketones is 2. The Morgan fingerprint density at radius 1 is 0.900 bits per heavy atom. The second kappa shape index (κ2) is 12.3. The van der Waals surface area contributed by atoms with Crippen molar-refractivity contribution in [2.24, 2.45) is 0 Å². The van der Waals surface area contributed by atoms with Crippen LogP contribution in [0.25, 0.3) is 0 Å². The fourth-order valence-electron chi connectivity index (χ4n) is 5.12. The van der Waals surface area contributed by atoms with E-state index in [1.54, 1.807) is 18.2 Å². The average molecular weight is 540 g/mol. The van der Waals surface area contributed by atoms with E-state index in [1.165, 1.54) is 6.07 Å². The molecule has 0 atom stereocenters. The summed E-state index contributed by atoms with van der Waals surface area (Å²) < 4.78 is 16.7. The van der Waals surface area contributed by atoms with Gasteiger partial charge in [0.2, 0.25) is 0 Å². The molecular formula is C33H34FN3O3. The lowest BCUT2D eigenvalue weighted by Gasteiger charge is -2.31. The Morgan fingerprint density at radius 2 is 1.57 bits per heavy atom. The van der Waals surface area contributed by atoms with Gasteiger partial charge in [-0.05, 0) is 91.6 Å². The molecule has 4 aromatic rings. The number of aromatic nitrogens is 1. The number of anilines is 3. The van der Waals surface area contributed by atoms with Crippen molar-refractivity contribution in [3.05, 3.63) is 113 Å². The Bertz CT molecular complexity index is 1470. The lowest BCUT2D eigenvalue weighted by molar-refractivity contribution is 0.0979. The molecule has 1 aliphatic heterocycles. The largest absolute Gasteiger partial charge is 0.393 e. The van der Waals surface area contributed by atoms with Crippen LogP contribution in [0.2, 0.25) is 0 Å². The van der Waals surface area contributed by atoms with Gasteiger partial charge in [0.15, 0.2) is 11.6 Å². The van der Waals surface area contributed by atoms with Crippen LogP contribution < -0.4 is 10.2 Å². The molecule has 1 fully saturated rings. The van der Waals surface area contributed by atoms with Crippen molar-refractivity contribution < 1.29 is 19.1 Å².